The average Bonchev–Trinajstić information content (AvgIpc) is 2.24. The molecule has 0 fully saturated rings. The number of pyridine rings is 1. The highest BCUT2D eigenvalue weighted by molar-refractivity contribution is 7.89. The van der Waals surface area contributed by atoms with Crippen LogP contribution in [-0.2, 0) is 20.0 Å². The normalized spacial score (nSPS) is 13.4. The van der Waals surface area contributed by atoms with Crippen molar-refractivity contribution in [1.29, 1.82) is 0 Å². The van der Waals surface area contributed by atoms with E-state index in [0.29, 0.717) is 0 Å². The van der Waals surface area contributed by atoms with Gasteiger partial charge in [-0.15, -0.1) is 0 Å². The molecule has 0 aliphatic heterocycles. The number of halogens is 1. The molecule has 1 aromatic heterocycles. The van der Waals surface area contributed by atoms with Gasteiger partial charge in [0.15, 0.2) is 0 Å². The molecular weight excluding hydrogens is 326 g/mol. The fraction of sp³-hybridized carbons (Fsp3) is 0.500. The number of sulfonamides is 2. The Kier molecular flexibility index (Phi) is 5.14. The van der Waals surface area contributed by atoms with Gasteiger partial charge in [0.05, 0.1) is 6.26 Å². The van der Waals surface area contributed by atoms with Crippen LogP contribution >= 0.6 is 11.6 Å². The highest BCUT2D eigenvalue weighted by atomic mass is 35.5. The zero-order valence-corrected chi connectivity index (χ0v) is 13.6. The minimum absolute atomic E-state index is 0.131. The first-order valence-electron chi connectivity index (χ1n) is 5.52. The number of hydrogen-bond donors (Lipinski definition) is 2. The second kappa shape index (κ2) is 5.94. The minimum Gasteiger partial charge on any atom is -0.243 e. The van der Waals surface area contributed by atoms with E-state index in [-0.39, 0.29) is 16.6 Å². The fourth-order valence-electron chi connectivity index (χ4n) is 1.46. The lowest BCUT2D eigenvalue weighted by molar-refractivity contribution is 0.446. The van der Waals surface area contributed by atoms with Gasteiger partial charge in [-0.2, -0.15) is 0 Å². The van der Waals surface area contributed by atoms with Crippen LogP contribution in [0.2, 0.25) is 5.15 Å². The average molecular weight is 342 g/mol. The van der Waals surface area contributed by atoms with E-state index in [4.69, 9.17) is 11.6 Å². The molecule has 0 saturated carbocycles. The van der Waals surface area contributed by atoms with Crippen LogP contribution in [0.4, 0.5) is 0 Å². The van der Waals surface area contributed by atoms with E-state index in [1.807, 2.05) is 0 Å². The Balaban J connectivity index is 2.87. The summed E-state index contributed by atoms with van der Waals surface area (Å²) in [7, 11) is -7.30. The van der Waals surface area contributed by atoms with Gasteiger partial charge in [0.25, 0.3) is 0 Å². The Labute approximate surface area is 123 Å². The highest BCUT2D eigenvalue weighted by Crippen LogP contribution is 2.17. The van der Waals surface area contributed by atoms with Gasteiger partial charge in [-0.3, -0.25) is 0 Å². The van der Waals surface area contributed by atoms with Crippen molar-refractivity contribution >= 4 is 31.6 Å². The predicted octanol–water partition coefficient (Wildman–Crippen LogP) is 0.341. The van der Waals surface area contributed by atoms with Crippen molar-refractivity contribution in [2.75, 3.05) is 12.8 Å². The number of aromatic nitrogens is 1. The third kappa shape index (κ3) is 5.33. The van der Waals surface area contributed by atoms with Crippen molar-refractivity contribution in [3.8, 4) is 0 Å². The topological polar surface area (TPSA) is 105 Å². The van der Waals surface area contributed by atoms with Crippen molar-refractivity contribution in [2.24, 2.45) is 0 Å². The van der Waals surface area contributed by atoms with E-state index in [0.717, 1.165) is 6.26 Å². The number of rotatable bonds is 6. The summed E-state index contributed by atoms with van der Waals surface area (Å²) in [5.41, 5.74) is -0.977. The molecule has 0 spiro atoms. The first-order chi connectivity index (χ1) is 8.93. The molecule has 1 heterocycles. The molecule has 2 N–H and O–H groups in total. The lowest BCUT2D eigenvalue weighted by Crippen LogP contribution is -2.50. The molecule has 10 heteroatoms. The SMILES string of the molecule is CC(C)(CNS(=O)(=O)c1cccnc1Cl)NS(C)(=O)=O. The summed E-state index contributed by atoms with van der Waals surface area (Å²) in [5, 5.41) is -0.145. The predicted molar refractivity (Wildman–Crippen MR) is 76.5 cm³/mol. The summed E-state index contributed by atoms with van der Waals surface area (Å²) in [6.07, 6.45) is 2.37. The molecule has 7 nitrogen and oxygen atoms in total. The van der Waals surface area contributed by atoms with Crippen LogP contribution in [0.1, 0.15) is 13.8 Å². The molecule has 0 saturated heterocycles. The Morgan fingerprint density at radius 2 is 1.90 bits per heavy atom. The molecule has 0 amide bonds. The molecule has 20 heavy (non-hydrogen) atoms. The third-order valence-electron chi connectivity index (χ3n) is 2.18. The maximum absolute atomic E-state index is 12.1. The van der Waals surface area contributed by atoms with Crippen molar-refractivity contribution in [2.45, 2.75) is 24.3 Å². The number of nitrogens with zero attached hydrogens (tertiary/aromatic N) is 1. The molecule has 1 rings (SSSR count). The Morgan fingerprint density at radius 3 is 2.40 bits per heavy atom. The quantitative estimate of drug-likeness (QED) is 0.726. The van der Waals surface area contributed by atoms with Gasteiger partial charge in [-0.1, -0.05) is 11.6 Å². The van der Waals surface area contributed by atoms with Gasteiger partial charge in [0, 0.05) is 18.3 Å². The zero-order valence-electron chi connectivity index (χ0n) is 11.2. The van der Waals surface area contributed by atoms with Crippen LogP contribution in [-0.4, -0.2) is 40.2 Å². The molecule has 0 aliphatic carbocycles. The second-order valence-electron chi connectivity index (χ2n) is 4.88. The fourth-order valence-corrected chi connectivity index (χ4v) is 4.20. The minimum atomic E-state index is -3.86. The molecule has 0 aromatic carbocycles. The first-order valence-corrected chi connectivity index (χ1v) is 9.27. The van der Waals surface area contributed by atoms with E-state index in [1.165, 1.54) is 18.3 Å². The summed E-state index contributed by atoms with van der Waals surface area (Å²) in [6.45, 7) is 2.98. The summed E-state index contributed by atoms with van der Waals surface area (Å²) in [5.74, 6) is 0. The summed E-state index contributed by atoms with van der Waals surface area (Å²) < 4.78 is 51.1. The summed E-state index contributed by atoms with van der Waals surface area (Å²) in [6, 6.07) is 2.76. The summed E-state index contributed by atoms with van der Waals surface area (Å²) in [4.78, 5) is 3.53. The van der Waals surface area contributed by atoms with Crippen molar-refractivity contribution in [1.82, 2.24) is 14.4 Å². The molecule has 0 radical (unpaired) electrons. The van der Waals surface area contributed by atoms with E-state index in [1.54, 1.807) is 13.8 Å². The Hall–Kier alpha value is -0.740. The smallest absolute Gasteiger partial charge is 0.243 e. The molecule has 0 atom stereocenters. The van der Waals surface area contributed by atoms with Crippen molar-refractivity contribution < 1.29 is 16.8 Å². The third-order valence-corrected chi connectivity index (χ3v) is 4.95. The zero-order chi connectivity index (χ0) is 15.6. The van der Waals surface area contributed by atoms with Gasteiger partial charge < -0.3 is 0 Å². The first kappa shape index (κ1) is 17.3. The van der Waals surface area contributed by atoms with Gasteiger partial charge in [-0.05, 0) is 26.0 Å². The van der Waals surface area contributed by atoms with Gasteiger partial charge in [0.1, 0.15) is 10.0 Å². The van der Waals surface area contributed by atoms with Crippen LogP contribution in [0.5, 0.6) is 0 Å². The maximum Gasteiger partial charge on any atom is 0.243 e. The highest BCUT2D eigenvalue weighted by Gasteiger charge is 2.26. The molecule has 0 aliphatic rings. The Bertz CT molecular complexity index is 686. The molecule has 1 aromatic rings. The lowest BCUT2D eigenvalue weighted by Gasteiger charge is -2.25. The molecule has 0 unspecified atom stereocenters. The standard InChI is InChI=1S/C10H16ClN3O4S2/c1-10(2,14-19(3,15)16)7-13-20(17,18)8-5-4-6-12-9(8)11/h4-6,13-14H,7H2,1-3H3. The maximum atomic E-state index is 12.1. The molecule has 114 valence electrons. The van der Waals surface area contributed by atoms with Crippen LogP contribution in [0.15, 0.2) is 23.2 Å². The van der Waals surface area contributed by atoms with Gasteiger partial charge in [-0.25, -0.2) is 31.3 Å². The van der Waals surface area contributed by atoms with E-state index in [9.17, 15) is 16.8 Å². The van der Waals surface area contributed by atoms with E-state index < -0.39 is 25.6 Å². The van der Waals surface area contributed by atoms with Crippen LogP contribution in [0, 0.1) is 0 Å². The van der Waals surface area contributed by atoms with E-state index in [2.05, 4.69) is 14.4 Å². The van der Waals surface area contributed by atoms with E-state index >= 15 is 0 Å². The van der Waals surface area contributed by atoms with Gasteiger partial charge >= 0.3 is 0 Å². The van der Waals surface area contributed by atoms with Crippen LogP contribution < -0.4 is 9.44 Å². The van der Waals surface area contributed by atoms with Crippen molar-refractivity contribution in [3.05, 3.63) is 23.5 Å². The lowest BCUT2D eigenvalue weighted by atomic mass is 10.1. The van der Waals surface area contributed by atoms with Gasteiger partial charge in [0.2, 0.25) is 20.0 Å². The number of nitrogens with one attached hydrogen (secondary N) is 2. The largest absolute Gasteiger partial charge is 0.243 e. The number of hydrogen-bond acceptors (Lipinski definition) is 5. The van der Waals surface area contributed by atoms with Crippen LogP contribution in [0.25, 0.3) is 0 Å². The van der Waals surface area contributed by atoms with Crippen molar-refractivity contribution in [3.63, 3.8) is 0 Å². The van der Waals surface area contributed by atoms with Crippen LogP contribution in [0.3, 0.4) is 0 Å². The molecule has 0 bridgehead atoms. The monoisotopic (exact) mass is 341 g/mol. The molecular formula is C10H16ClN3O4S2. The second-order valence-corrected chi connectivity index (χ2v) is 8.72. The summed E-state index contributed by atoms with van der Waals surface area (Å²) >= 11 is 5.72. The Morgan fingerprint density at radius 1 is 1.30 bits per heavy atom.